The summed E-state index contributed by atoms with van der Waals surface area (Å²) in [4.78, 5) is 40.7. The zero-order valence-corrected chi connectivity index (χ0v) is 20.8. The molecule has 1 saturated carbocycles. The van der Waals surface area contributed by atoms with Crippen LogP contribution in [0, 0.1) is 10.1 Å². The molecule has 2 heterocycles. The van der Waals surface area contributed by atoms with Gasteiger partial charge in [-0.2, -0.15) is 0 Å². The molecule has 6 rings (SSSR count). The molecule has 3 aliphatic rings. The molecule has 1 saturated heterocycles. The van der Waals surface area contributed by atoms with Crippen LogP contribution in [0.4, 0.5) is 21.9 Å². The molecule has 1 N–H and O–H groups in total. The zero-order valence-electron chi connectivity index (χ0n) is 20.8. The summed E-state index contributed by atoms with van der Waals surface area (Å²) in [7, 11) is 0. The van der Waals surface area contributed by atoms with Gasteiger partial charge in [0.1, 0.15) is 12.3 Å². The number of carbonyl (C=O) groups excluding carboxylic acids is 2. The number of carbonyl (C=O) groups is 2. The van der Waals surface area contributed by atoms with Crippen LogP contribution < -0.4 is 15.1 Å². The molecule has 9 heteroatoms. The molecular weight excluding hydrogens is 484 g/mol. The van der Waals surface area contributed by atoms with Crippen molar-refractivity contribution in [1.82, 2.24) is 5.32 Å². The second-order valence-corrected chi connectivity index (χ2v) is 10.1. The maximum absolute atomic E-state index is 12.9. The van der Waals surface area contributed by atoms with E-state index in [4.69, 9.17) is 4.74 Å². The quantitative estimate of drug-likeness (QED) is 0.368. The van der Waals surface area contributed by atoms with E-state index >= 15 is 0 Å². The number of para-hydroxylation sites is 1. The van der Waals surface area contributed by atoms with Crippen molar-refractivity contribution in [3.8, 4) is 0 Å². The number of rotatable bonds is 6. The third-order valence-electron chi connectivity index (χ3n) is 7.74. The first-order valence-electron chi connectivity index (χ1n) is 12.9. The molecule has 2 atom stereocenters. The van der Waals surface area contributed by atoms with Crippen LogP contribution in [0.3, 0.4) is 0 Å². The molecule has 2 aliphatic heterocycles. The number of nitrogens with one attached hydrogen (secondary N) is 1. The number of fused-ring (bicyclic) bond motifs is 1. The Labute approximate surface area is 220 Å². The summed E-state index contributed by atoms with van der Waals surface area (Å²) in [6.07, 6.45) is 1.80. The van der Waals surface area contributed by atoms with E-state index in [9.17, 15) is 19.7 Å². The predicted octanol–water partition coefficient (Wildman–Crippen LogP) is 5.01. The van der Waals surface area contributed by atoms with E-state index in [2.05, 4.69) is 5.32 Å². The van der Waals surface area contributed by atoms with Crippen molar-refractivity contribution >= 4 is 29.1 Å². The Balaban J connectivity index is 1.13. The van der Waals surface area contributed by atoms with Crippen molar-refractivity contribution in [2.75, 3.05) is 22.9 Å². The maximum Gasteiger partial charge on any atom is 0.414 e. The molecule has 0 bridgehead atoms. The number of hydrogen-bond acceptors (Lipinski definition) is 6. The predicted molar refractivity (Wildman–Crippen MR) is 142 cm³/mol. The van der Waals surface area contributed by atoms with Gasteiger partial charge in [-0.15, -0.1) is 0 Å². The number of benzene rings is 3. The molecule has 3 aromatic carbocycles. The fourth-order valence-electron chi connectivity index (χ4n) is 5.64. The Bertz CT molecular complexity index is 1390. The van der Waals surface area contributed by atoms with Gasteiger partial charge in [-0.25, -0.2) is 4.79 Å². The summed E-state index contributed by atoms with van der Waals surface area (Å²) in [5, 5.41) is 15.0. The minimum atomic E-state index is -0.430. The van der Waals surface area contributed by atoms with Gasteiger partial charge in [0.25, 0.3) is 11.6 Å². The lowest BCUT2D eigenvalue weighted by Gasteiger charge is -2.40. The first-order chi connectivity index (χ1) is 18.5. The van der Waals surface area contributed by atoms with Crippen molar-refractivity contribution < 1.29 is 19.2 Å². The van der Waals surface area contributed by atoms with Gasteiger partial charge >= 0.3 is 6.09 Å². The van der Waals surface area contributed by atoms with E-state index < -0.39 is 4.92 Å². The Hall–Kier alpha value is -4.40. The number of piperidine rings is 1. The average Bonchev–Trinajstić information content (AvgIpc) is 3.72. The topological polar surface area (TPSA) is 105 Å². The average molecular weight is 513 g/mol. The fraction of sp³-hybridized carbons (Fsp3) is 0.310. The van der Waals surface area contributed by atoms with E-state index in [1.54, 1.807) is 17.0 Å². The lowest BCUT2D eigenvalue weighted by Crippen LogP contribution is -2.49. The summed E-state index contributed by atoms with van der Waals surface area (Å²) in [5.74, 6) is -0.0241. The number of hydrogen-bond donors (Lipinski definition) is 1. The minimum absolute atomic E-state index is 0.0364. The van der Waals surface area contributed by atoms with Crippen LogP contribution in [0.5, 0.6) is 0 Å². The van der Waals surface area contributed by atoms with Crippen molar-refractivity contribution in [2.24, 2.45) is 0 Å². The van der Waals surface area contributed by atoms with Gasteiger partial charge in [-0.3, -0.25) is 19.8 Å². The van der Waals surface area contributed by atoms with Gasteiger partial charge in [0.2, 0.25) is 0 Å². The first kappa shape index (κ1) is 24.0. The SMILES string of the molecule is O=C(NC1CC1c1ccccc1)c1ccc(N2CCC(N3C(=O)OCc4ccccc43)CC2)c([N+](=O)[O-])c1. The third-order valence-corrected chi connectivity index (χ3v) is 7.74. The van der Waals surface area contributed by atoms with Crippen LogP contribution >= 0.6 is 0 Å². The first-order valence-corrected chi connectivity index (χ1v) is 12.9. The number of nitrogens with zero attached hydrogens (tertiary/aromatic N) is 3. The summed E-state index contributed by atoms with van der Waals surface area (Å²) in [6, 6.07) is 22.4. The highest BCUT2D eigenvalue weighted by Crippen LogP contribution is 2.41. The lowest BCUT2D eigenvalue weighted by atomic mass is 9.99. The van der Waals surface area contributed by atoms with Crippen LogP contribution in [0.1, 0.15) is 46.7 Å². The van der Waals surface area contributed by atoms with E-state index in [1.807, 2.05) is 59.5 Å². The van der Waals surface area contributed by atoms with Crippen LogP contribution in [0.25, 0.3) is 0 Å². The van der Waals surface area contributed by atoms with Crippen molar-refractivity contribution in [2.45, 2.75) is 43.9 Å². The van der Waals surface area contributed by atoms with E-state index in [-0.39, 0.29) is 47.9 Å². The maximum atomic E-state index is 12.9. The van der Waals surface area contributed by atoms with Gasteiger partial charge in [-0.05, 0) is 43.0 Å². The van der Waals surface area contributed by atoms with E-state index in [0.29, 0.717) is 31.6 Å². The number of anilines is 2. The molecule has 0 radical (unpaired) electrons. The van der Waals surface area contributed by atoms with E-state index in [0.717, 1.165) is 17.7 Å². The molecule has 38 heavy (non-hydrogen) atoms. The number of nitro groups is 1. The van der Waals surface area contributed by atoms with Gasteiger partial charge in [-0.1, -0.05) is 48.5 Å². The van der Waals surface area contributed by atoms with Gasteiger partial charge < -0.3 is 15.0 Å². The highest BCUT2D eigenvalue weighted by Gasteiger charge is 2.40. The lowest BCUT2D eigenvalue weighted by molar-refractivity contribution is -0.384. The molecule has 2 unspecified atom stereocenters. The standard InChI is InChI=1S/C29H28N4O5/c34-28(30-24-17-23(24)19-6-2-1-3-7-19)20-10-11-26(27(16-20)33(36)37)31-14-12-22(13-15-31)32-25-9-5-4-8-21(25)18-38-29(32)35/h1-11,16,22-24H,12-15,17-18H2,(H,30,34). The largest absolute Gasteiger partial charge is 0.444 e. The number of nitro benzene ring substituents is 1. The molecule has 2 fully saturated rings. The molecule has 2 amide bonds. The molecule has 0 aromatic heterocycles. The minimum Gasteiger partial charge on any atom is -0.444 e. The second-order valence-electron chi connectivity index (χ2n) is 10.1. The number of cyclic esters (lactones) is 1. The molecule has 3 aromatic rings. The summed E-state index contributed by atoms with van der Waals surface area (Å²) < 4.78 is 5.38. The number of ether oxygens (including phenoxy) is 1. The van der Waals surface area contributed by atoms with Gasteiger partial charge in [0.05, 0.1) is 10.6 Å². The Morgan fingerprint density at radius 3 is 2.47 bits per heavy atom. The highest BCUT2D eigenvalue weighted by molar-refractivity contribution is 5.96. The summed E-state index contributed by atoms with van der Waals surface area (Å²) in [6.45, 7) is 1.36. The molecular formula is C29H28N4O5. The third kappa shape index (κ3) is 4.55. The van der Waals surface area contributed by atoms with Crippen molar-refractivity contribution in [3.63, 3.8) is 0 Å². The van der Waals surface area contributed by atoms with Gasteiger partial charge in [0.15, 0.2) is 0 Å². The zero-order chi connectivity index (χ0) is 26.2. The summed E-state index contributed by atoms with van der Waals surface area (Å²) in [5.41, 5.74) is 3.70. The van der Waals surface area contributed by atoms with Crippen LogP contribution in [0.2, 0.25) is 0 Å². The Morgan fingerprint density at radius 1 is 0.974 bits per heavy atom. The molecule has 194 valence electrons. The molecule has 0 spiro atoms. The van der Waals surface area contributed by atoms with Crippen LogP contribution in [-0.4, -0.2) is 42.1 Å². The van der Waals surface area contributed by atoms with Gasteiger partial charge in [0, 0.05) is 48.3 Å². The Morgan fingerprint density at radius 2 is 1.71 bits per heavy atom. The second kappa shape index (κ2) is 9.81. The highest BCUT2D eigenvalue weighted by atomic mass is 16.6. The molecule has 9 nitrogen and oxygen atoms in total. The van der Waals surface area contributed by atoms with Crippen LogP contribution in [-0.2, 0) is 11.3 Å². The Kier molecular flexibility index (Phi) is 6.19. The van der Waals surface area contributed by atoms with Crippen molar-refractivity contribution in [3.05, 3.63) is 99.6 Å². The smallest absolute Gasteiger partial charge is 0.414 e. The number of amides is 2. The van der Waals surface area contributed by atoms with Crippen molar-refractivity contribution in [1.29, 1.82) is 0 Å². The molecule has 1 aliphatic carbocycles. The summed E-state index contributed by atoms with van der Waals surface area (Å²) >= 11 is 0. The normalized spacial score (nSPS) is 20.9. The van der Waals surface area contributed by atoms with Crippen LogP contribution in [0.15, 0.2) is 72.8 Å². The monoisotopic (exact) mass is 512 g/mol. The van der Waals surface area contributed by atoms with E-state index in [1.165, 1.54) is 11.6 Å². The fourth-order valence-corrected chi connectivity index (χ4v) is 5.64.